The summed E-state index contributed by atoms with van der Waals surface area (Å²) in [7, 11) is 0. The van der Waals surface area contributed by atoms with Crippen LogP contribution in [0.25, 0.3) is 10.6 Å². The highest BCUT2D eigenvalue weighted by Gasteiger charge is 2.25. The molecule has 2 aromatic carbocycles. The Labute approximate surface area is 186 Å². The number of Topliss-reactive ketones (excluding diaryl/α,β-unsaturated/α-hetero) is 1. The van der Waals surface area contributed by atoms with Gasteiger partial charge in [-0.3, -0.25) is 14.5 Å². The van der Waals surface area contributed by atoms with E-state index in [2.05, 4.69) is 26.5 Å². The van der Waals surface area contributed by atoms with E-state index in [1.165, 1.54) is 0 Å². The third-order valence-corrected chi connectivity index (χ3v) is 6.49. The molecule has 1 fully saturated rings. The van der Waals surface area contributed by atoms with Crippen LogP contribution in [0.15, 0.2) is 48.5 Å². The van der Waals surface area contributed by atoms with E-state index in [0.29, 0.717) is 0 Å². The Bertz CT molecular complexity index is 1090. The van der Waals surface area contributed by atoms with E-state index in [1.807, 2.05) is 49.4 Å². The molecule has 1 N–H and O–H groups in total. The number of ketones is 1. The van der Waals surface area contributed by atoms with Crippen molar-refractivity contribution in [3.63, 3.8) is 0 Å². The zero-order valence-corrected chi connectivity index (χ0v) is 18.6. The van der Waals surface area contributed by atoms with Crippen LogP contribution in [0.2, 0.25) is 0 Å². The number of nitrogens with one attached hydrogen (secondary N) is 1. The predicted octanol–water partition coefficient (Wildman–Crippen LogP) is 4.57. The summed E-state index contributed by atoms with van der Waals surface area (Å²) in [5.41, 5.74) is 3.64. The van der Waals surface area contributed by atoms with Gasteiger partial charge in [-0.2, -0.15) is 0 Å². The van der Waals surface area contributed by atoms with Gasteiger partial charge in [-0.1, -0.05) is 41.7 Å². The first-order valence-corrected chi connectivity index (χ1v) is 11.3. The van der Waals surface area contributed by atoms with Crippen LogP contribution in [0.3, 0.4) is 0 Å². The van der Waals surface area contributed by atoms with Crippen molar-refractivity contribution in [2.24, 2.45) is 5.92 Å². The minimum atomic E-state index is 0.00670. The molecule has 2 heterocycles. The highest BCUT2D eigenvalue weighted by molar-refractivity contribution is 7.14. The lowest BCUT2D eigenvalue weighted by atomic mass is 9.95. The second kappa shape index (κ2) is 9.49. The van der Waals surface area contributed by atoms with Crippen LogP contribution in [-0.2, 0) is 11.3 Å². The number of nitrogens with zero attached hydrogens (tertiary/aromatic N) is 3. The van der Waals surface area contributed by atoms with Crippen molar-refractivity contribution < 1.29 is 9.59 Å². The van der Waals surface area contributed by atoms with Gasteiger partial charge in [0.15, 0.2) is 5.78 Å². The van der Waals surface area contributed by atoms with E-state index in [1.54, 1.807) is 18.3 Å². The number of benzene rings is 2. The highest BCUT2D eigenvalue weighted by atomic mass is 32.1. The summed E-state index contributed by atoms with van der Waals surface area (Å²) in [5, 5.41) is 13.1. The predicted molar refractivity (Wildman–Crippen MR) is 123 cm³/mol. The molecule has 0 spiro atoms. The summed E-state index contributed by atoms with van der Waals surface area (Å²) in [6.07, 6.45) is 1.65. The molecule has 0 atom stereocenters. The number of anilines is 1. The molecule has 7 heteroatoms. The molecule has 3 aromatic rings. The Morgan fingerprint density at radius 3 is 2.58 bits per heavy atom. The van der Waals surface area contributed by atoms with Crippen molar-refractivity contribution in [2.75, 3.05) is 18.4 Å². The maximum atomic E-state index is 12.8. The maximum absolute atomic E-state index is 12.8. The smallest absolute Gasteiger partial charge is 0.227 e. The van der Waals surface area contributed by atoms with Gasteiger partial charge in [0.2, 0.25) is 5.91 Å². The van der Waals surface area contributed by atoms with Gasteiger partial charge >= 0.3 is 0 Å². The number of aryl methyl sites for hydroxylation is 1. The van der Waals surface area contributed by atoms with Crippen molar-refractivity contribution in [3.8, 4) is 10.6 Å². The minimum Gasteiger partial charge on any atom is -0.326 e. The van der Waals surface area contributed by atoms with Crippen LogP contribution in [0.4, 0.5) is 5.69 Å². The monoisotopic (exact) mass is 434 g/mol. The Morgan fingerprint density at radius 2 is 1.87 bits per heavy atom. The minimum absolute atomic E-state index is 0.00670. The van der Waals surface area contributed by atoms with Gasteiger partial charge in [-0.25, -0.2) is 0 Å². The van der Waals surface area contributed by atoms with Crippen molar-refractivity contribution in [1.82, 2.24) is 15.1 Å². The maximum Gasteiger partial charge on any atom is 0.227 e. The molecule has 31 heavy (non-hydrogen) atoms. The molecule has 1 amide bonds. The fourth-order valence-electron chi connectivity index (χ4n) is 3.89. The quantitative estimate of drug-likeness (QED) is 0.576. The normalized spacial score (nSPS) is 15.0. The van der Waals surface area contributed by atoms with Crippen LogP contribution in [0.5, 0.6) is 0 Å². The topological polar surface area (TPSA) is 75.2 Å². The molecule has 0 bridgehead atoms. The third kappa shape index (κ3) is 5.42. The first-order chi connectivity index (χ1) is 15.0. The van der Waals surface area contributed by atoms with Crippen molar-refractivity contribution in [1.29, 1.82) is 0 Å². The second-order valence-electron chi connectivity index (χ2n) is 8.00. The average molecular weight is 435 g/mol. The number of amides is 1. The standard InChI is InChI=1S/C24H26N4O2S/c1-16(29)20-6-3-5-18(13-20)15-28-11-9-19(10-12-28)23(30)25-22-8-4-7-21(14-22)24-27-26-17(2)31-24/h3-8,13-14,19H,9-12,15H2,1-2H3,(H,25,30). The molecule has 0 unspecified atom stereocenters. The molecule has 4 rings (SSSR count). The summed E-state index contributed by atoms with van der Waals surface area (Å²) < 4.78 is 0. The molecule has 1 saturated heterocycles. The first kappa shape index (κ1) is 21.3. The zero-order valence-electron chi connectivity index (χ0n) is 17.8. The van der Waals surface area contributed by atoms with Crippen molar-refractivity contribution >= 4 is 28.7 Å². The molecule has 0 aliphatic carbocycles. The lowest BCUT2D eigenvalue weighted by Crippen LogP contribution is -2.37. The summed E-state index contributed by atoms with van der Waals surface area (Å²) in [6, 6.07) is 15.6. The number of hydrogen-bond donors (Lipinski definition) is 1. The molecule has 1 aliphatic rings. The SMILES string of the molecule is CC(=O)c1cccc(CN2CCC(C(=O)Nc3cccc(-c4nnc(C)s4)c3)CC2)c1. The fourth-order valence-corrected chi connectivity index (χ4v) is 4.58. The number of likely N-dealkylation sites (tertiary alicyclic amines) is 1. The van der Waals surface area contributed by atoms with Gasteiger partial charge in [0.1, 0.15) is 10.0 Å². The van der Waals surface area contributed by atoms with Crippen molar-refractivity contribution in [2.45, 2.75) is 33.2 Å². The lowest BCUT2D eigenvalue weighted by molar-refractivity contribution is -0.121. The van der Waals surface area contributed by atoms with E-state index in [-0.39, 0.29) is 17.6 Å². The van der Waals surface area contributed by atoms with E-state index in [4.69, 9.17) is 0 Å². The number of carbonyl (C=O) groups excluding carboxylic acids is 2. The zero-order chi connectivity index (χ0) is 21.8. The van der Waals surface area contributed by atoms with E-state index in [9.17, 15) is 9.59 Å². The van der Waals surface area contributed by atoms with Gasteiger partial charge in [-0.15, -0.1) is 10.2 Å². The van der Waals surface area contributed by atoms with Gasteiger partial charge < -0.3 is 5.32 Å². The largest absolute Gasteiger partial charge is 0.326 e. The summed E-state index contributed by atoms with van der Waals surface area (Å²) in [6.45, 7) is 6.06. The van der Waals surface area contributed by atoms with E-state index in [0.717, 1.165) is 64.9 Å². The molecule has 0 radical (unpaired) electrons. The van der Waals surface area contributed by atoms with E-state index >= 15 is 0 Å². The summed E-state index contributed by atoms with van der Waals surface area (Å²) in [5.74, 6) is 0.165. The summed E-state index contributed by atoms with van der Waals surface area (Å²) >= 11 is 1.54. The molecular weight excluding hydrogens is 408 g/mol. The first-order valence-electron chi connectivity index (χ1n) is 10.5. The molecule has 1 aliphatic heterocycles. The number of hydrogen-bond acceptors (Lipinski definition) is 6. The van der Waals surface area contributed by atoms with Gasteiger partial charge in [0, 0.05) is 29.3 Å². The van der Waals surface area contributed by atoms with Gasteiger partial charge in [0.25, 0.3) is 0 Å². The van der Waals surface area contributed by atoms with Gasteiger partial charge in [0.05, 0.1) is 0 Å². The fraction of sp³-hybridized carbons (Fsp3) is 0.333. The Balaban J connectivity index is 1.31. The Kier molecular flexibility index (Phi) is 6.53. The van der Waals surface area contributed by atoms with Crippen LogP contribution in [0, 0.1) is 12.8 Å². The summed E-state index contributed by atoms with van der Waals surface area (Å²) in [4.78, 5) is 26.8. The number of piperidine rings is 1. The van der Waals surface area contributed by atoms with Crippen LogP contribution in [-0.4, -0.2) is 39.9 Å². The molecule has 1 aromatic heterocycles. The highest BCUT2D eigenvalue weighted by Crippen LogP contribution is 2.27. The number of carbonyl (C=O) groups is 2. The molecule has 6 nitrogen and oxygen atoms in total. The number of aromatic nitrogens is 2. The lowest BCUT2D eigenvalue weighted by Gasteiger charge is -2.31. The Morgan fingerprint density at radius 1 is 1.10 bits per heavy atom. The number of rotatable bonds is 6. The molecular formula is C24H26N4O2S. The molecule has 160 valence electrons. The second-order valence-corrected chi connectivity index (χ2v) is 9.18. The van der Waals surface area contributed by atoms with Crippen LogP contribution >= 0.6 is 11.3 Å². The average Bonchev–Trinajstić information content (AvgIpc) is 3.21. The van der Waals surface area contributed by atoms with E-state index < -0.39 is 0 Å². The van der Waals surface area contributed by atoms with Crippen molar-refractivity contribution in [3.05, 3.63) is 64.7 Å². The molecule has 0 saturated carbocycles. The van der Waals surface area contributed by atoms with Crippen LogP contribution < -0.4 is 5.32 Å². The van der Waals surface area contributed by atoms with Crippen LogP contribution in [0.1, 0.15) is 40.7 Å². The third-order valence-electron chi connectivity index (χ3n) is 5.60. The Hall–Kier alpha value is -2.90. The van der Waals surface area contributed by atoms with Gasteiger partial charge in [-0.05, 0) is 63.5 Å².